The fourth-order valence-corrected chi connectivity index (χ4v) is 3.29. The highest BCUT2D eigenvalue weighted by atomic mass is 32.1. The number of hydrogen-bond donors (Lipinski definition) is 1. The van der Waals surface area contributed by atoms with Crippen LogP contribution in [0.25, 0.3) is 0 Å². The number of hydrogen-bond acceptors (Lipinski definition) is 4. The zero-order valence-electron chi connectivity index (χ0n) is 11.6. The van der Waals surface area contributed by atoms with Crippen LogP contribution < -0.4 is 0 Å². The Hall–Kier alpha value is -0.860. The van der Waals surface area contributed by atoms with E-state index >= 15 is 0 Å². The highest BCUT2D eigenvalue weighted by Gasteiger charge is 2.22. The Bertz CT molecular complexity index is 450. The number of rotatable bonds is 3. The topological polar surface area (TPSA) is 32.7 Å². The minimum atomic E-state index is 0.134. The molecule has 0 spiro atoms. The van der Waals surface area contributed by atoms with Crippen molar-refractivity contribution in [3.05, 3.63) is 21.9 Å². The van der Waals surface area contributed by atoms with Crippen LogP contribution in [0.4, 0.5) is 0 Å². The van der Waals surface area contributed by atoms with Crippen molar-refractivity contribution in [2.45, 2.75) is 39.0 Å². The Morgan fingerprint density at radius 2 is 2.11 bits per heavy atom. The van der Waals surface area contributed by atoms with Crippen molar-refractivity contribution in [3.8, 4) is 11.8 Å². The van der Waals surface area contributed by atoms with Gasteiger partial charge in [-0.2, -0.15) is 0 Å². The molecule has 0 radical (unpaired) electrons. The fourth-order valence-electron chi connectivity index (χ4n) is 2.37. The van der Waals surface area contributed by atoms with Crippen LogP contribution >= 0.6 is 11.3 Å². The average molecular weight is 279 g/mol. The van der Waals surface area contributed by atoms with Gasteiger partial charge in [0, 0.05) is 30.9 Å². The summed E-state index contributed by atoms with van der Waals surface area (Å²) in [5.74, 6) is 6.05. The molecule has 3 nitrogen and oxygen atoms in total. The summed E-state index contributed by atoms with van der Waals surface area (Å²) in [4.78, 5) is 4.86. The van der Waals surface area contributed by atoms with Crippen LogP contribution in [0, 0.1) is 11.8 Å². The van der Waals surface area contributed by atoms with Gasteiger partial charge >= 0.3 is 0 Å². The molecule has 4 heteroatoms. The van der Waals surface area contributed by atoms with Crippen LogP contribution in [0.1, 0.15) is 30.0 Å². The molecular formula is C15H21NO2S. The summed E-state index contributed by atoms with van der Waals surface area (Å²) < 4.78 is 5.74. The maximum Gasteiger partial charge on any atom is 0.0771 e. The molecule has 0 amide bonds. The molecule has 19 heavy (non-hydrogen) atoms. The third-order valence-corrected chi connectivity index (χ3v) is 3.97. The van der Waals surface area contributed by atoms with Gasteiger partial charge in [0.1, 0.15) is 0 Å². The van der Waals surface area contributed by atoms with Crippen molar-refractivity contribution in [1.82, 2.24) is 4.90 Å². The average Bonchev–Trinajstić information content (AvgIpc) is 2.76. The van der Waals surface area contributed by atoms with E-state index in [0.717, 1.165) is 24.5 Å². The Kier molecular flexibility index (Phi) is 5.41. The molecule has 2 heterocycles. The van der Waals surface area contributed by atoms with E-state index in [-0.39, 0.29) is 6.61 Å². The number of morpholine rings is 1. The van der Waals surface area contributed by atoms with E-state index in [1.165, 1.54) is 4.88 Å². The third-order valence-electron chi connectivity index (χ3n) is 2.98. The van der Waals surface area contributed by atoms with Crippen molar-refractivity contribution in [1.29, 1.82) is 0 Å². The molecule has 0 unspecified atom stereocenters. The minimum absolute atomic E-state index is 0.134. The van der Waals surface area contributed by atoms with E-state index in [1.54, 1.807) is 11.3 Å². The van der Waals surface area contributed by atoms with Crippen molar-refractivity contribution in [2.24, 2.45) is 0 Å². The van der Waals surface area contributed by atoms with Crippen molar-refractivity contribution >= 4 is 11.3 Å². The maximum absolute atomic E-state index is 8.70. The lowest BCUT2D eigenvalue weighted by Crippen LogP contribution is -2.44. The Balaban J connectivity index is 1.91. The highest BCUT2D eigenvalue weighted by Crippen LogP contribution is 2.20. The van der Waals surface area contributed by atoms with Gasteiger partial charge in [-0.1, -0.05) is 11.8 Å². The Morgan fingerprint density at radius 3 is 2.79 bits per heavy atom. The first-order chi connectivity index (χ1) is 9.17. The molecular weight excluding hydrogens is 258 g/mol. The maximum atomic E-state index is 8.70. The normalized spacial score (nSPS) is 23.9. The van der Waals surface area contributed by atoms with E-state index in [0.29, 0.717) is 18.6 Å². The molecule has 1 aliphatic heterocycles. The van der Waals surface area contributed by atoms with E-state index < -0.39 is 0 Å². The zero-order chi connectivity index (χ0) is 13.7. The molecule has 0 aliphatic carbocycles. The number of nitrogens with zero attached hydrogens (tertiary/aromatic N) is 1. The summed E-state index contributed by atoms with van der Waals surface area (Å²) in [6.45, 7) is 7.35. The minimum Gasteiger partial charge on any atom is -0.395 e. The van der Waals surface area contributed by atoms with Gasteiger partial charge in [-0.3, -0.25) is 4.90 Å². The Labute approximate surface area is 119 Å². The van der Waals surface area contributed by atoms with Gasteiger partial charge in [-0.05, 0) is 26.0 Å². The molecule has 1 fully saturated rings. The molecule has 2 atom stereocenters. The molecule has 1 aliphatic rings. The number of aliphatic hydroxyl groups is 1. The lowest BCUT2D eigenvalue weighted by atomic mass is 10.2. The van der Waals surface area contributed by atoms with E-state index in [2.05, 4.69) is 42.7 Å². The van der Waals surface area contributed by atoms with Gasteiger partial charge in [0.05, 0.1) is 23.7 Å². The van der Waals surface area contributed by atoms with Crippen molar-refractivity contribution < 1.29 is 9.84 Å². The highest BCUT2D eigenvalue weighted by molar-refractivity contribution is 7.12. The van der Waals surface area contributed by atoms with Crippen LogP contribution in [0.5, 0.6) is 0 Å². The second-order valence-electron chi connectivity index (χ2n) is 4.99. The molecule has 2 rings (SSSR count). The monoisotopic (exact) mass is 279 g/mol. The molecule has 104 valence electrons. The van der Waals surface area contributed by atoms with Crippen molar-refractivity contribution in [3.63, 3.8) is 0 Å². The van der Waals surface area contributed by atoms with Gasteiger partial charge in [-0.15, -0.1) is 11.3 Å². The van der Waals surface area contributed by atoms with Gasteiger partial charge < -0.3 is 9.84 Å². The first-order valence-corrected chi connectivity index (χ1v) is 7.55. The van der Waals surface area contributed by atoms with Crippen LogP contribution in [-0.2, 0) is 11.3 Å². The van der Waals surface area contributed by atoms with Crippen LogP contribution in [0.3, 0.4) is 0 Å². The second-order valence-corrected chi connectivity index (χ2v) is 6.16. The van der Waals surface area contributed by atoms with Gasteiger partial charge in [0.2, 0.25) is 0 Å². The van der Waals surface area contributed by atoms with Gasteiger partial charge in [0.25, 0.3) is 0 Å². The molecule has 0 aromatic carbocycles. The Morgan fingerprint density at radius 1 is 1.37 bits per heavy atom. The summed E-state index contributed by atoms with van der Waals surface area (Å²) >= 11 is 1.74. The predicted molar refractivity (Wildman–Crippen MR) is 78.2 cm³/mol. The molecule has 1 saturated heterocycles. The van der Waals surface area contributed by atoms with E-state index in [4.69, 9.17) is 9.84 Å². The molecule has 0 bridgehead atoms. The van der Waals surface area contributed by atoms with Gasteiger partial charge in [-0.25, -0.2) is 0 Å². The SMILES string of the molecule is C[C@@H]1CN(Cc2ccc(C#CCCO)s2)C[C@H](C)O1. The number of aliphatic hydroxyl groups excluding tert-OH is 1. The van der Waals surface area contributed by atoms with Gasteiger partial charge in [0.15, 0.2) is 0 Å². The third kappa shape index (κ3) is 4.63. The lowest BCUT2D eigenvalue weighted by molar-refractivity contribution is -0.0702. The summed E-state index contributed by atoms with van der Waals surface area (Å²) in [6.07, 6.45) is 1.17. The quantitative estimate of drug-likeness (QED) is 0.860. The van der Waals surface area contributed by atoms with Crippen LogP contribution in [-0.4, -0.2) is 41.9 Å². The largest absolute Gasteiger partial charge is 0.395 e. The second kappa shape index (κ2) is 7.06. The lowest BCUT2D eigenvalue weighted by Gasteiger charge is -2.34. The number of ether oxygens (including phenoxy) is 1. The summed E-state index contributed by atoms with van der Waals surface area (Å²) in [6, 6.07) is 4.22. The van der Waals surface area contributed by atoms with Crippen LogP contribution in [0.15, 0.2) is 12.1 Å². The van der Waals surface area contributed by atoms with Crippen molar-refractivity contribution in [2.75, 3.05) is 19.7 Å². The summed E-state index contributed by atoms with van der Waals surface area (Å²) in [5, 5.41) is 8.70. The molecule has 0 saturated carbocycles. The molecule has 1 N–H and O–H groups in total. The first kappa shape index (κ1) is 14.5. The fraction of sp³-hybridized carbons (Fsp3) is 0.600. The van der Waals surface area contributed by atoms with Crippen LogP contribution in [0.2, 0.25) is 0 Å². The van der Waals surface area contributed by atoms with E-state index in [1.807, 2.05) is 0 Å². The molecule has 1 aromatic rings. The number of thiophene rings is 1. The summed E-state index contributed by atoms with van der Waals surface area (Å²) in [5.41, 5.74) is 0. The smallest absolute Gasteiger partial charge is 0.0771 e. The van der Waals surface area contributed by atoms with E-state index in [9.17, 15) is 0 Å². The first-order valence-electron chi connectivity index (χ1n) is 6.73. The predicted octanol–water partition coefficient (Wildman–Crippen LogP) is 2.09. The zero-order valence-corrected chi connectivity index (χ0v) is 12.4. The molecule has 1 aromatic heterocycles. The summed E-state index contributed by atoms with van der Waals surface area (Å²) in [7, 11) is 0. The standard InChI is InChI=1S/C15H21NO2S/c1-12-9-16(10-13(2)18-12)11-15-7-6-14(19-15)5-3-4-8-17/h6-7,12-13,17H,4,8-11H2,1-2H3/t12-,13+.